The van der Waals surface area contributed by atoms with Crippen molar-refractivity contribution < 1.29 is 9.53 Å². The van der Waals surface area contributed by atoms with Gasteiger partial charge in [-0.25, -0.2) is 4.98 Å². The van der Waals surface area contributed by atoms with E-state index >= 15 is 0 Å². The van der Waals surface area contributed by atoms with Gasteiger partial charge in [0.25, 0.3) is 0 Å². The SMILES string of the molecule is CCCCCOc1ccc(-c2cnc(-c3ccc(C(C)=O)cc3)[nH]2)cc1. The Bertz CT molecular complexity index is 849. The third-order valence-corrected chi connectivity index (χ3v) is 4.32. The first-order valence-corrected chi connectivity index (χ1v) is 9.07. The Labute approximate surface area is 154 Å². The van der Waals surface area contributed by atoms with E-state index < -0.39 is 0 Å². The zero-order chi connectivity index (χ0) is 18.4. The number of aromatic amines is 1. The summed E-state index contributed by atoms with van der Waals surface area (Å²) in [6.45, 7) is 4.51. The highest BCUT2D eigenvalue weighted by Gasteiger charge is 2.07. The molecule has 3 aromatic rings. The van der Waals surface area contributed by atoms with Gasteiger partial charge in [-0.1, -0.05) is 44.0 Å². The van der Waals surface area contributed by atoms with Gasteiger partial charge in [-0.3, -0.25) is 4.79 Å². The third-order valence-electron chi connectivity index (χ3n) is 4.32. The number of unbranched alkanes of at least 4 members (excludes halogenated alkanes) is 2. The van der Waals surface area contributed by atoms with Gasteiger partial charge in [-0.15, -0.1) is 0 Å². The molecule has 26 heavy (non-hydrogen) atoms. The van der Waals surface area contributed by atoms with Gasteiger partial charge in [0, 0.05) is 11.1 Å². The number of rotatable bonds is 8. The number of ketones is 1. The molecule has 4 heteroatoms. The van der Waals surface area contributed by atoms with E-state index in [0.29, 0.717) is 5.56 Å². The summed E-state index contributed by atoms with van der Waals surface area (Å²) in [6, 6.07) is 15.5. The van der Waals surface area contributed by atoms with E-state index in [1.54, 1.807) is 6.92 Å². The molecule has 0 aliphatic rings. The Morgan fingerprint density at radius 2 is 1.69 bits per heavy atom. The zero-order valence-electron chi connectivity index (χ0n) is 15.3. The molecular weight excluding hydrogens is 324 g/mol. The summed E-state index contributed by atoms with van der Waals surface area (Å²) in [7, 11) is 0. The lowest BCUT2D eigenvalue weighted by molar-refractivity contribution is 0.101. The molecule has 0 fully saturated rings. The second-order valence-corrected chi connectivity index (χ2v) is 6.36. The maximum atomic E-state index is 11.4. The highest BCUT2D eigenvalue weighted by Crippen LogP contribution is 2.24. The standard InChI is InChI=1S/C22H24N2O2/c1-3-4-5-14-26-20-12-10-18(11-13-20)21-15-23-22(24-21)19-8-6-17(7-9-19)16(2)25/h6-13,15H,3-5,14H2,1-2H3,(H,23,24). The number of H-pyrrole nitrogens is 1. The first-order chi connectivity index (χ1) is 12.7. The van der Waals surface area contributed by atoms with Crippen LogP contribution in [0.25, 0.3) is 22.6 Å². The van der Waals surface area contributed by atoms with E-state index in [4.69, 9.17) is 4.74 Å². The highest BCUT2D eigenvalue weighted by atomic mass is 16.5. The van der Waals surface area contributed by atoms with Crippen molar-refractivity contribution in [2.24, 2.45) is 0 Å². The minimum atomic E-state index is 0.0636. The smallest absolute Gasteiger partial charge is 0.159 e. The molecule has 0 aliphatic heterocycles. The quantitative estimate of drug-likeness (QED) is 0.431. The van der Waals surface area contributed by atoms with Crippen LogP contribution in [0.15, 0.2) is 54.7 Å². The molecule has 0 aliphatic carbocycles. The predicted octanol–water partition coefficient (Wildman–Crippen LogP) is 5.52. The number of ether oxygens (including phenoxy) is 1. The third kappa shape index (κ3) is 4.39. The number of hydrogen-bond donors (Lipinski definition) is 1. The summed E-state index contributed by atoms with van der Waals surface area (Å²) in [5.41, 5.74) is 3.67. The van der Waals surface area contributed by atoms with Crippen molar-refractivity contribution in [3.63, 3.8) is 0 Å². The van der Waals surface area contributed by atoms with Crippen LogP contribution in [0.3, 0.4) is 0 Å². The number of carbonyl (C=O) groups is 1. The molecular formula is C22H24N2O2. The lowest BCUT2D eigenvalue weighted by Crippen LogP contribution is -1.96. The van der Waals surface area contributed by atoms with Crippen molar-refractivity contribution >= 4 is 5.78 Å². The van der Waals surface area contributed by atoms with Gasteiger partial charge in [0.1, 0.15) is 11.6 Å². The van der Waals surface area contributed by atoms with Crippen LogP contribution in [0.4, 0.5) is 0 Å². The van der Waals surface area contributed by atoms with E-state index in [9.17, 15) is 4.79 Å². The molecule has 0 unspecified atom stereocenters. The highest BCUT2D eigenvalue weighted by molar-refractivity contribution is 5.94. The molecule has 0 amide bonds. The van der Waals surface area contributed by atoms with E-state index in [1.807, 2.05) is 54.7 Å². The van der Waals surface area contributed by atoms with E-state index in [0.717, 1.165) is 41.4 Å². The van der Waals surface area contributed by atoms with Crippen molar-refractivity contribution in [3.05, 3.63) is 60.3 Å². The first kappa shape index (κ1) is 17.9. The summed E-state index contributed by atoms with van der Waals surface area (Å²) in [5, 5.41) is 0. The average molecular weight is 348 g/mol. The fourth-order valence-electron chi connectivity index (χ4n) is 2.75. The van der Waals surface area contributed by atoms with Gasteiger partial charge < -0.3 is 9.72 Å². The average Bonchev–Trinajstić information content (AvgIpc) is 3.16. The molecule has 2 aromatic carbocycles. The minimum Gasteiger partial charge on any atom is -0.494 e. The molecule has 0 radical (unpaired) electrons. The van der Waals surface area contributed by atoms with Crippen LogP contribution in [0, 0.1) is 0 Å². The van der Waals surface area contributed by atoms with Crippen LogP contribution >= 0.6 is 0 Å². The Morgan fingerprint density at radius 3 is 2.35 bits per heavy atom. The number of imidazole rings is 1. The van der Waals surface area contributed by atoms with Crippen LogP contribution in [-0.4, -0.2) is 22.4 Å². The van der Waals surface area contributed by atoms with Crippen LogP contribution in [0.5, 0.6) is 5.75 Å². The van der Waals surface area contributed by atoms with Crippen LogP contribution in [-0.2, 0) is 0 Å². The van der Waals surface area contributed by atoms with Crippen molar-refractivity contribution in [1.29, 1.82) is 0 Å². The van der Waals surface area contributed by atoms with Gasteiger partial charge in [-0.2, -0.15) is 0 Å². The maximum absolute atomic E-state index is 11.4. The van der Waals surface area contributed by atoms with Gasteiger partial charge in [-0.05, 0) is 43.2 Å². The van der Waals surface area contributed by atoms with E-state index in [-0.39, 0.29) is 5.78 Å². The molecule has 4 nitrogen and oxygen atoms in total. The molecule has 0 spiro atoms. The molecule has 0 saturated heterocycles. The lowest BCUT2D eigenvalue weighted by Gasteiger charge is -2.06. The number of hydrogen-bond acceptors (Lipinski definition) is 3. The fraction of sp³-hybridized carbons (Fsp3) is 0.273. The number of Topliss-reactive ketones (excluding diaryl/α,β-unsaturated/α-hetero) is 1. The topological polar surface area (TPSA) is 55.0 Å². The summed E-state index contributed by atoms with van der Waals surface area (Å²) < 4.78 is 5.75. The van der Waals surface area contributed by atoms with Crippen molar-refractivity contribution in [2.75, 3.05) is 6.61 Å². The summed E-state index contributed by atoms with van der Waals surface area (Å²) >= 11 is 0. The van der Waals surface area contributed by atoms with Crippen molar-refractivity contribution in [2.45, 2.75) is 33.1 Å². The maximum Gasteiger partial charge on any atom is 0.159 e. The number of aromatic nitrogens is 2. The predicted molar refractivity (Wildman–Crippen MR) is 104 cm³/mol. The van der Waals surface area contributed by atoms with Gasteiger partial charge >= 0.3 is 0 Å². The Morgan fingerprint density at radius 1 is 1.00 bits per heavy atom. The van der Waals surface area contributed by atoms with Crippen molar-refractivity contribution in [3.8, 4) is 28.4 Å². The van der Waals surface area contributed by atoms with Crippen LogP contribution in [0.1, 0.15) is 43.5 Å². The molecule has 3 rings (SSSR count). The summed E-state index contributed by atoms with van der Waals surface area (Å²) in [5.74, 6) is 1.74. The molecule has 134 valence electrons. The second-order valence-electron chi connectivity index (χ2n) is 6.36. The monoisotopic (exact) mass is 348 g/mol. The molecule has 0 atom stereocenters. The van der Waals surface area contributed by atoms with Crippen LogP contribution < -0.4 is 4.74 Å². The Kier molecular flexibility index (Phi) is 5.84. The first-order valence-electron chi connectivity index (χ1n) is 9.07. The zero-order valence-corrected chi connectivity index (χ0v) is 15.3. The molecule has 0 saturated carbocycles. The van der Waals surface area contributed by atoms with Crippen LogP contribution in [0.2, 0.25) is 0 Å². The largest absolute Gasteiger partial charge is 0.494 e. The number of nitrogens with one attached hydrogen (secondary N) is 1. The number of nitrogens with zero attached hydrogens (tertiary/aromatic N) is 1. The fourth-order valence-corrected chi connectivity index (χ4v) is 2.75. The van der Waals surface area contributed by atoms with Gasteiger partial charge in [0.2, 0.25) is 0 Å². The lowest BCUT2D eigenvalue weighted by atomic mass is 10.1. The van der Waals surface area contributed by atoms with Gasteiger partial charge in [0.05, 0.1) is 18.5 Å². The molecule has 1 N–H and O–H groups in total. The minimum absolute atomic E-state index is 0.0636. The molecule has 1 aromatic heterocycles. The normalized spacial score (nSPS) is 10.7. The van der Waals surface area contributed by atoms with E-state index in [1.165, 1.54) is 12.8 Å². The Balaban J connectivity index is 1.68. The molecule has 0 bridgehead atoms. The molecule has 1 heterocycles. The van der Waals surface area contributed by atoms with Crippen molar-refractivity contribution in [1.82, 2.24) is 9.97 Å². The number of carbonyl (C=O) groups excluding carboxylic acids is 1. The number of benzene rings is 2. The Hall–Kier alpha value is -2.88. The summed E-state index contributed by atoms with van der Waals surface area (Å²) in [6.07, 6.45) is 5.31. The second kappa shape index (κ2) is 8.48. The van der Waals surface area contributed by atoms with E-state index in [2.05, 4.69) is 16.9 Å². The van der Waals surface area contributed by atoms with Gasteiger partial charge in [0.15, 0.2) is 5.78 Å². The summed E-state index contributed by atoms with van der Waals surface area (Å²) in [4.78, 5) is 19.2.